The number of hydrogen-bond acceptors (Lipinski definition) is 12. The number of benzene rings is 2. The average Bonchev–Trinajstić information content (AvgIpc) is 4.18. The first-order valence-corrected chi connectivity index (χ1v) is 25.8. The summed E-state index contributed by atoms with van der Waals surface area (Å²) in [6.07, 6.45) is 6.28. The Morgan fingerprint density at radius 1 is 0.632 bits per heavy atom. The van der Waals surface area contributed by atoms with E-state index in [0.717, 1.165) is 11.1 Å². The fourth-order valence-corrected chi connectivity index (χ4v) is 8.74. The summed E-state index contributed by atoms with van der Waals surface area (Å²) >= 11 is 0. The lowest BCUT2D eigenvalue weighted by molar-refractivity contribution is -0.142. The molecule has 3 heterocycles. The molecule has 0 bridgehead atoms. The Morgan fingerprint density at radius 3 is 1.64 bits per heavy atom. The van der Waals surface area contributed by atoms with Crippen LogP contribution >= 0.6 is 0 Å². The Labute approximate surface area is 443 Å². The minimum absolute atomic E-state index is 0.00559. The SMILES string of the molecule is CC(C)CC(=O)N[C@@H](Cc1cnc[nH]1)C(=O)N1CCC[C@H]1C(=O)N[C@@H](Cc1ccccc1)C(=O)N[C@@H](Cc1cnc[nH]1)C(=O)N[C@@H](CC(C)C)[C@@H](O)CC(=O)O.CC(C)C[C@H](N)C(=O)N[C@@H](Cc1ccccc1)C(=O)O. The number of nitrogens with two attached hydrogens (primary N) is 1. The van der Waals surface area contributed by atoms with Crippen molar-refractivity contribution in [3.63, 3.8) is 0 Å². The number of likely N-dealkylation sites (tertiary alicyclic amines) is 1. The van der Waals surface area contributed by atoms with E-state index in [4.69, 9.17) is 5.73 Å². The van der Waals surface area contributed by atoms with Crippen LogP contribution in [0.15, 0.2) is 85.7 Å². The van der Waals surface area contributed by atoms with Gasteiger partial charge in [0.2, 0.25) is 35.4 Å². The summed E-state index contributed by atoms with van der Waals surface area (Å²) in [7, 11) is 0. The molecule has 8 atom stereocenters. The number of nitrogens with one attached hydrogen (secondary N) is 7. The van der Waals surface area contributed by atoms with E-state index >= 15 is 0 Å². The normalized spacial score (nSPS) is 16.0. The van der Waals surface area contributed by atoms with Gasteiger partial charge in [0.05, 0.1) is 37.3 Å². The molecule has 0 aliphatic carbocycles. The van der Waals surface area contributed by atoms with E-state index in [1.807, 2.05) is 77.9 Å². The molecule has 0 saturated carbocycles. The Morgan fingerprint density at radius 2 is 1.14 bits per heavy atom. The zero-order valence-corrected chi connectivity index (χ0v) is 44.2. The molecule has 22 heteroatoms. The van der Waals surface area contributed by atoms with E-state index in [0.29, 0.717) is 30.7 Å². The van der Waals surface area contributed by atoms with Gasteiger partial charge in [-0.1, -0.05) is 102 Å². The maximum atomic E-state index is 14.2. The van der Waals surface area contributed by atoms with Crippen LogP contribution in [0.2, 0.25) is 0 Å². The van der Waals surface area contributed by atoms with Crippen LogP contribution in [-0.4, -0.2) is 142 Å². The smallest absolute Gasteiger partial charge is 0.326 e. The Bertz CT molecular complexity index is 2460. The van der Waals surface area contributed by atoms with Crippen LogP contribution in [0.25, 0.3) is 0 Å². The molecule has 1 saturated heterocycles. The number of carbonyl (C=O) groups is 8. The molecule has 414 valence electrons. The monoisotopic (exact) mass is 1060 g/mol. The van der Waals surface area contributed by atoms with Crippen LogP contribution in [0.5, 0.6) is 0 Å². The fraction of sp³-hybridized carbons (Fsp3) is 0.519. The van der Waals surface area contributed by atoms with Crippen molar-refractivity contribution in [3.05, 3.63) is 108 Å². The lowest BCUT2D eigenvalue weighted by Gasteiger charge is -2.30. The van der Waals surface area contributed by atoms with Gasteiger partial charge in [-0.3, -0.25) is 33.6 Å². The van der Waals surface area contributed by atoms with Crippen LogP contribution in [-0.2, 0) is 64.0 Å². The molecule has 76 heavy (non-hydrogen) atoms. The highest BCUT2D eigenvalue weighted by atomic mass is 16.4. The largest absolute Gasteiger partial charge is 0.481 e. The molecule has 2 aromatic carbocycles. The van der Waals surface area contributed by atoms with Gasteiger partial charge in [-0.15, -0.1) is 0 Å². The van der Waals surface area contributed by atoms with Crippen LogP contribution in [0.1, 0.15) is 103 Å². The molecule has 0 spiro atoms. The molecule has 4 aromatic rings. The second-order valence-corrected chi connectivity index (χ2v) is 20.5. The number of rotatable bonds is 28. The average molecular weight is 1060 g/mol. The minimum Gasteiger partial charge on any atom is -0.481 e. The zero-order valence-electron chi connectivity index (χ0n) is 44.2. The number of aliphatic carboxylic acids is 2. The van der Waals surface area contributed by atoms with Crippen LogP contribution in [0.3, 0.4) is 0 Å². The van der Waals surface area contributed by atoms with E-state index in [9.17, 15) is 53.7 Å². The molecule has 6 amide bonds. The molecule has 1 aliphatic rings. The molecule has 1 aliphatic heterocycles. The number of carboxylic acids is 2. The van der Waals surface area contributed by atoms with Crippen molar-refractivity contribution in [1.29, 1.82) is 0 Å². The lowest BCUT2D eigenvalue weighted by atomic mass is 9.96. The minimum atomic E-state index is -1.38. The van der Waals surface area contributed by atoms with Crippen LogP contribution < -0.4 is 32.3 Å². The number of hydrogen-bond donors (Lipinski definition) is 11. The van der Waals surface area contributed by atoms with Crippen LogP contribution in [0, 0.1) is 17.8 Å². The Balaban J connectivity index is 0.000000523. The first-order valence-electron chi connectivity index (χ1n) is 25.8. The zero-order chi connectivity index (χ0) is 55.9. The summed E-state index contributed by atoms with van der Waals surface area (Å²) in [4.78, 5) is 119. The quantitative estimate of drug-likeness (QED) is 0.0389. The van der Waals surface area contributed by atoms with Crippen molar-refractivity contribution < 1.29 is 53.7 Å². The van der Waals surface area contributed by atoms with Gasteiger partial charge in [0.15, 0.2) is 0 Å². The summed E-state index contributed by atoms with van der Waals surface area (Å²) in [6.45, 7) is 11.7. The van der Waals surface area contributed by atoms with E-state index in [1.165, 1.54) is 23.8 Å². The number of aliphatic hydroxyl groups excluding tert-OH is 1. The molecule has 12 N–H and O–H groups in total. The standard InChI is InChI=1S/C39H55N9O8.C15H22N2O3/c1-23(2)13-28(33(49)18-35(51)52)45-37(54)30(16-26-19-40-21-42-26)46-36(53)29(15-25-9-6-5-7-10-25)47-38(55)32-11-8-12-48(32)39(56)31(17-27-20-41-22-43-27)44-34(50)14-24(3)4;1-10(2)8-12(16)14(18)17-13(15(19)20)9-11-6-4-3-5-7-11/h5-7,9-10,19-24,28-33,49H,8,11-18H2,1-4H3,(H,40,42)(H,41,43)(H,44,50)(H,45,54)(H,46,53)(H,47,55)(H,51,52);3-7,10,12-13H,8-9,16H2,1-2H3,(H,17,18)(H,19,20)/t28-,29-,30-,31-,32-,33-;12-,13-/m00/s1. The maximum absolute atomic E-state index is 14.2. The van der Waals surface area contributed by atoms with Crippen molar-refractivity contribution in [2.75, 3.05) is 6.54 Å². The van der Waals surface area contributed by atoms with Gasteiger partial charge < -0.3 is 62.5 Å². The number of aliphatic hydroxyl groups is 1. The molecule has 0 unspecified atom stereocenters. The summed E-state index contributed by atoms with van der Waals surface area (Å²) < 4.78 is 0. The van der Waals surface area contributed by atoms with E-state index in [1.54, 1.807) is 30.5 Å². The maximum Gasteiger partial charge on any atom is 0.326 e. The lowest BCUT2D eigenvalue weighted by Crippen LogP contribution is -2.59. The predicted octanol–water partition coefficient (Wildman–Crippen LogP) is 2.19. The highest BCUT2D eigenvalue weighted by molar-refractivity contribution is 5.96. The molecule has 2 aromatic heterocycles. The molecular formula is C54H77N11O11. The number of nitrogens with zero attached hydrogens (tertiary/aromatic N) is 3. The van der Waals surface area contributed by atoms with Gasteiger partial charge in [-0.2, -0.15) is 0 Å². The number of imidazole rings is 2. The molecule has 0 radical (unpaired) electrons. The molecule has 1 fully saturated rings. The molecular weight excluding hydrogens is 979 g/mol. The topological polar surface area (TPSA) is 344 Å². The van der Waals surface area contributed by atoms with Gasteiger partial charge in [-0.25, -0.2) is 14.8 Å². The van der Waals surface area contributed by atoms with Crippen molar-refractivity contribution in [2.45, 2.75) is 154 Å². The molecule has 22 nitrogen and oxygen atoms in total. The van der Waals surface area contributed by atoms with Gasteiger partial charge in [0, 0.05) is 62.4 Å². The van der Waals surface area contributed by atoms with Crippen molar-refractivity contribution in [1.82, 2.24) is 51.4 Å². The van der Waals surface area contributed by atoms with Gasteiger partial charge >= 0.3 is 11.9 Å². The number of H-pyrrole nitrogens is 2. The van der Waals surface area contributed by atoms with Gasteiger partial charge in [-0.05, 0) is 54.6 Å². The fourth-order valence-electron chi connectivity index (χ4n) is 8.74. The van der Waals surface area contributed by atoms with E-state index in [-0.39, 0.29) is 68.7 Å². The highest BCUT2D eigenvalue weighted by Gasteiger charge is 2.40. The summed E-state index contributed by atoms with van der Waals surface area (Å²) in [5.74, 6) is -4.99. The Hall–Kier alpha value is -7.46. The second kappa shape index (κ2) is 30.8. The number of carbonyl (C=O) groups excluding carboxylic acids is 6. The first-order chi connectivity index (χ1) is 36.1. The number of aromatic amines is 2. The third-order valence-electron chi connectivity index (χ3n) is 12.4. The van der Waals surface area contributed by atoms with Gasteiger partial charge in [0.1, 0.15) is 30.2 Å². The summed E-state index contributed by atoms with van der Waals surface area (Å²) in [5.41, 5.74) is 8.49. The van der Waals surface area contributed by atoms with Crippen molar-refractivity contribution in [3.8, 4) is 0 Å². The third kappa shape index (κ3) is 21.0. The highest BCUT2D eigenvalue weighted by Crippen LogP contribution is 2.21. The number of carboxylic acid groups (broad SMARTS) is 2. The third-order valence-corrected chi connectivity index (χ3v) is 12.4. The second-order valence-electron chi connectivity index (χ2n) is 20.5. The van der Waals surface area contributed by atoms with Crippen LogP contribution in [0.4, 0.5) is 0 Å². The van der Waals surface area contributed by atoms with Gasteiger partial charge in [0.25, 0.3) is 0 Å². The van der Waals surface area contributed by atoms with E-state index in [2.05, 4.69) is 46.5 Å². The summed E-state index contributed by atoms with van der Waals surface area (Å²) in [5, 5.41) is 42.9. The summed E-state index contributed by atoms with van der Waals surface area (Å²) in [6, 6.07) is 11.3. The predicted molar refractivity (Wildman–Crippen MR) is 281 cm³/mol. The van der Waals surface area contributed by atoms with Crippen molar-refractivity contribution in [2.24, 2.45) is 23.5 Å². The molecule has 5 rings (SSSR count). The number of amides is 6. The van der Waals surface area contributed by atoms with Crippen molar-refractivity contribution >= 4 is 47.4 Å². The van der Waals surface area contributed by atoms with E-state index < -0.39 is 96.3 Å². The first kappa shape index (κ1) is 61.1. The Kier molecular flexibility index (Phi) is 24.8. The number of aromatic nitrogens is 4.